The van der Waals surface area contributed by atoms with Gasteiger partial charge in [0.25, 0.3) is 5.91 Å². The molecule has 0 atom stereocenters. The molecule has 0 bridgehead atoms. The summed E-state index contributed by atoms with van der Waals surface area (Å²) in [6.07, 6.45) is 0. The molecule has 2 rings (SSSR count). The maximum Gasteiger partial charge on any atom is 0.256 e. The number of nitrogens with two attached hydrogens (primary N) is 1. The van der Waals surface area contributed by atoms with E-state index in [2.05, 4.69) is 0 Å². The van der Waals surface area contributed by atoms with Crippen LogP contribution in [0.1, 0.15) is 15.9 Å². The van der Waals surface area contributed by atoms with Gasteiger partial charge in [-0.05, 0) is 25.1 Å². The van der Waals surface area contributed by atoms with Gasteiger partial charge in [-0.1, -0.05) is 12.1 Å². The van der Waals surface area contributed by atoms with Crippen molar-refractivity contribution in [3.05, 3.63) is 35.1 Å². The lowest BCUT2D eigenvalue weighted by Gasteiger charge is -2.38. The minimum atomic E-state index is -0.413. The van der Waals surface area contributed by atoms with Crippen LogP contribution >= 0.6 is 0 Å². The van der Waals surface area contributed by atoms with Gasteiger partial charge in [-0.2, -0.15) is 0 Å². The van der Waals surface area contributed by atoms with Crippen molar-refractivity contribution in [1.29, 1.82) is 0 Å². The Labute approximate surface area is 94.0 Å². The minimum absolute atomic E-state index is 0.162. The van der Waals surface area contributed by atoms with Gasteiger partial charge in [-0.3, -0.25) is 4.79 Å². The molecular formula is C12H15FN2O. The lowest BCUT2D eigenvalue weighted by molar-refractivity contribution is 0.0510. The Morgan fingerprint density at radius 1 is 1.56 bits per heavy atom. The van der Waals surface area contributed by atoms with Crippen LogP contribution in [0, 0.1) is 18.7 Å². The lowest BCUT2D eigenvalue weighted by atomic mass is 9.98. The van der Waals surface area contributed by atoms with E-state index in [0.717, 1.165) is 0 Å². The number of benzene rings is 1. The van der Waals surface area contributed by atoms with Crippen molar-refractivity contribution >= 4 is 5.91 Å². The quantitative estimate of drug-likeness (QED) is 0.816. The van der Waals surface area contributed by atoms with E-state index in [-0.39, 0.29) is 11.5 Å². The highest BCUT2D eigenvalue weighted by atomic mass is 19.1. The Morgan fingerprint density at radius 2 is 2.25 bits per heavy atom. The van der Waals surface area contributed by atoms with Gasteiger partial charge in [0.15, 0.2) is 0 Å². The molecule has 0 aromatic heterocycles. The number of carbonyl (C=O) groups excluding carboxylic acids is 1. The summed E-state index contributed by atoms with van der Waals surface area (Å²) in [7, 11) is 0. The van der Waals surface area contributed by atoms with Crippen LogP contribution in [0.3, 0.4) is 0 Å². The fraction of sp³-hybridized carbons (Fsp3) is 0.417. The zero-order valence-corrected chi connectivity index (χ0v) is 9.24. The molecule has 86 valence electrons. The molecule has 1 aromatic rings. The Bertz CT molecular complexity index is 413. The van der Waals surface area contributed by atoms with Crippen molar-refractivity contribution in [2.24, 2.45) is 11.7 Å². The predicted octanol–water partition coefficient (Wildman–Crippen LogP) is 1.16. The largest absolute Gasteiger partial charge is 0.338 e. The van der Waals surface area contributed by atoms with Crippen LogP contribution in [0.5, 0.6) is 0 Å². The molecule has 1 heterocycles. The molecule has 1 aromatic carbocycles. The molecule has 0 saturated carbocycles. The molecule has 2 N–H and O–H groups in total. The Balaban J connectivity index is 2.13. The van der Waals surface area contributed by atoms with Crippen LogP contribution in [-0.2, 0) is 0 Å². The van der Waals surface area contributed by atoms with E-state index in [0.29, 0.717) is 31.1 Å². The SMILES string of the molecule is Cc1cccc(C(=O)N2CC(CN)C2)c1F. The molecule has 1 fully saturated rings. The molecule has 0 spiro atoms. The zero-order chi connectivity index (χ0) is 11.7. The standard InChI is InChI=1S/C12H15FN2O/c1-8-3-2-4-10(11(8)13)12(16)15-6-9(5-14)7-15/h2-4,9H,5-7,14H2,1H3. The van der Waals surface area contributed by atoms with Gasteiger partial charge in [0.1, 0.15) is 5.82 Å². The molecule has 1 saturated heterocycles. The first-order valence-electron chi connectivity index (χ1n) is 5.38. The maximum atomic E-state index is 13.7. The number of halogens is 1. The molecule has 0 aliphatic carbocycles. The first kappa shape index (κ1) is 11.1. The third-order valence-electron chi connectivity index (χ3n) is 3.00. The van der Waals surface area contributed by atoms with Crippen molar-refractivity contribution in [2.75, 3.05) is 19.6 Å². The van der Waals surface area contributed by atoms with Gasteiger partial charge in [0.05, 0.1) is 5.56 Å². The zero-order valence-electron chi connectivity index (χ0n) is 9.24. The van der Waals surface area contributed by atoms with Crippen molar-refractivity contribution in [2.45, 2.75) is 6.92 Å². The van der Waals surface area contributed by atoms with Crippen LogP contribution in [0.2, 0.25) is 0 Å². The second-order valence-corrected chi connectivity index (χ2v) is 4.25. The van der Waals surface area contributed by atoms with Crippen LogP contribution in [0.25, 0.3) is 0 Å². The topological polar surface area (TPSA) is 46.3 Å². The molecular weight excluding hydrogens is 207 g/mol. The summed E-state index contributed by atoms with van der Waals surface area (Å²) >= 11 is 0. The summed E-state index contributed by atoms with van der Waals surface area (Å²) in [5, 5.41) is 0. The summed E-state index contributed by atoms with van der Waals surface area (Å²) < 4.78 is 13.7. The number of nitrogens with zero attached hydrogens (tertiary/aromatic N) is 1. The van der Waals surface area contributed by atoms with E-state index in [9.17, 15) is 9.18 Å². The number of carbonyl (C=O) groups is 1. The number of hydrogen-bond acceptors (Lipinski definition) is 2. The number of hydrogen-bond donors (Lipinski definition) is 1. The van der Waals surface area contributed by atoms with E-state index in [1.165, 1.54) is 6.07 Å². The van der Waals surface area contributed by atoms with Crippen LogP contribution in [0.15, 0.2) is 18.2 Å². The van der Waals surface area contributed by atoms with Gasteiger partial charge >= 0.3 is 0 Å². The summed E-state index contributed by atoms with van der Waals surface area (Å²) in [6, 6.07) is 4.89. The molecule has 1 aliphatic rings. The third kappa shape index (κ3) is 1.80. The predicted molar refractivity (Wildman–Crippen MR) is 59.6 cm³/mol. The van der Waals surface area contributed by atoms with Crippen molar-refractivity contribution in [3.8, 4) is 0 Å². The molecule has 4 heteroatoms. The van der Waals surface area contributed by atoms with E-state index in [4.69, 9.17) is 5.73 Å². The maximum absolute atomic E-state index is 13.7. The molecule has 0 radical (unpaired) electrons. The van der Waals surface area contributed by atoms with Crippen molar-refractivity contribution < 1.29 is 9.18 Å². The molecule has 16 heavy (non-hydrogen) atoms. The third-order valence-corrected chi connectivity index (χ3v) is 3.00. The van der Waals surface area contributed by atoms with Gasteiger partial charge in [-0.15, -0.1) is 0 Å². The number of rotatable bonds is 2. The number of aryl methyl sites for hydroxylation is 1. The van der Waals surface area contributed by atoms with Crippen molar-refractivity contribution in [3.63, 3.8) is 0 Å². The Hall–Kier alpha value is -1.42. The average Bonchev–Trinajstić information content (AvgIpc) is 2.20. The van der Waals surface area contributed by atoms with Gasteiger partial charge < -0.3 is 10.6 Å². The highest BCUT2D eigenvalue weighted by molar-refractivity contribution is 5.95. The van der Waals surface area contributed by atoms with Crippen molar-refractivity contribution in [1.82, 2.24) is 4.90 Å². The summed E-state index contributed by atoms with van der Waals surface area (Å²) in [5.41, 5.74) is 6.14. The lowest BCUT2D eigenvalue weighted by Crippen LogP contribution is -2.52. The van der Waals surface area contributed by atoms with Gasteiger partial charge in [0.2, 0.25) is 0 Å². The summed E-state index contributed by atoms with van der Waals surface area (Å²) in [5.74, 6) is -0.272. The van der Waals surface area contributed by atoms with Crippen LogP contribution < -0.4 is 5.73 Å². The first-order chi connectivity index (χ1) is 7.63. The molecule has 3 nitrogen and oxygen atoms in total. The average molecular weight is 222 g/mol. The van der Waals surface area contributed by atoms with E-state index in [1.54, 1.807) is 24.0 Å². The second-order valence-electron chi connectivity index (χ2n) is 4.25. The second kappa shape index (κ2) is 4.22. The number of likely N-dealkylation sites (tertiary alicyclic amines) is 1. The van der Waals surface area contributed by atoms with Gasteiger partial charge in [-0.25, -0.2) is 4.39 Å². The highest BCUT2D eigenvalue weighted by Gasteiger charge is 2.31. The Morgan fingerprint density at radius 3 is 2.88 bits per heavy atom. The fourth-order valence-electron chi connectivity index (χ4n) is 1.87. The smallest absolute Gasteiger partial charge is 0.256 e. The highest BCUT2D eigenvalue weighted by Crippen LogP contribution is 2.20. The summed E-state index contributed by atoms with van der Waals surface area (Å²) in [4.78, 5) is 13.5. The summed E-state index contributed by atoms with van der Waals surface area (Å²) in [6.45, 7) is 3.52. The first-order valence-corrected chi connectivity index (χ1v) is 5.38. The number of amides is 1. The fourth-order valence-corrected chi connectivity index (χ4v) is 1.87. The molecule has 1 amide bonds. The normalized spacial score (nSPS) is 16.1. The van der Waals surface area contributed by atoms with Crippen LogP contribution in [0.4, 0.5) is 4.39 Å². The van der Waals surface area contributed by atoms with E-state index in [1.807, 2.05) is 0 Å². The minimum Gasteiger partial charge on any atom is -0.338 e. The Kier molecular flexibility index (Phi) is 2.92. The van der Waals surface area contributed by atoms with Gasteiger partial charge in [0, 0.05) is 19.0 Å². The van der Waals surface area contributed by atoms with Crippen LogP contribution in [-0.4, -0.2) is 30.4 Å². The monoisotopic (exact) mass is 222 g/mol. The van der Waals surface area contributed by atoms with E-state index >= 15 is 0 Å². The molecule has 0 unspecified atom stereocenters. The molecule has 1 aliphatic heterocycles. The van der Waals surface area contributed by atoms with E-state index < -0.39 is 5.82 Å².